The van der Waals surface area contributed by atoms with Gasteiger partial charge in [0.2, 0.25) is 5.91 Å². The average molecular weight is 313 g/mol. The maximum absolute atomic E-state index is 13.5. The van der Waals surface area contributed by atoms with Crippen molar-refractivity contribution >= 4 is 11.9 Å². The Hall–Kier alpha value is -2.02. The van der Waals surface area contributed by atoms with E-state index in [1.54, 1.807) is 0 Å². The summed E-state index contributed by atoms with van der Waals surface area (Å²) in [4.78, 5) is 23.3. The van der Waals surface area contributed by atoms with Crippen molar-refractivity contribution in [2.75, 3.05) is 19.8 Å². The topological polar surface area (TPSA) is 75.6 Å². The summed E-state index contributed by atoms with van der Waals surface area (Å²) in [6.45, 7) is 0.622. The number of rotatable bonds is 5. The summed E-state index contributed by atoms with van der Waals surface area (Å²) < 4.78 is 31.4. The van der Waals surface area contributed by atoms with E-state index in [0.29, 0.717) is 32.1 Å². The molecule has 0 aliphatic carbocycles. The van der Waals surface area contributed by atoms with Crippen LogP contribution in [0.4, 0.5) is 8.78 Å². The second kappa shape index (κ2) is 6.83. The van der Waals surface area contributed by atoms with Crippen LogP contribution in [0.2, 0.25) is 0 Å². The van der Waals surface area contributed by atoms with Crippen LogP contribution in [0.25, 0.3) is 0 Å². The normalized spacial score (nSPS) is 17.0. The van der Waals surface area contributed by atoms with E-state index in [4.69, 9.17) is 4.74 Å². The molecule has 0 spiro atoms. The Morgan fingerprint density at radius 2 is 1.95 bits per heavy atom. The molecule has 120 valence electrons. The lowest BCUT2D eigenvalue weighted by atomic mass is 9.80. The van der Waals surface area contributed by atoms with Gasteiger partial charge in [-0.3, -0.25) is 9.59 Å². The van der Waals surface area contributed by atoms with E-state index in [2.05, 4.69) is 5.32 Å². The molecular formula is C15H17F2NO4. The summed E-state index contributed by atoms with van der Waals surface area (Å²) in [6, 6.07) is 2.98. The van der Waals surface area contributed by atoms with Gasteiger partial charge in [0, 0.05) is 25.8 Å². The van der Waals surface area contributed by atoms with Crippen molar-refractivity contribution in [2.45, 2.75) is 19.3 Å². The summed E-state index contributed by atoms with van der Waals surface area (Å²) in [7, 11) is 0. The second-order valence-corrected chi connectivity index (χ2v) is 5.39. The van der Waals surface area contributed by atoms with Crippen molar-refractivity contribution in [1.82, 2.24) is 5.32 Å². The molecular weight excluding hydrogens is 296 g/mol. The molecule has 1 heterocycles. The summed E-state index contributed by atoms with van der Waals surface area (Å²) in [5.74, 6) is -3.00. The maximum atomic E-state index is 13.5. The fourth-order valence-corrected chi connectivity index (χ4v) is 2.40. The van der Waals surface area contributed by atoms with Crippen molar-refractivity contribution in [2.24, 2.45) is 5.41 Å². The molecule has 5 nitrogen and oxygen atoms in total. The quantitative estimate of drug-likeness (QED) is 0.864. The minimum Gasteiger partial charge on any atom is -0.481 e. The van der Waals surface area contributed by atoms with Crippen LogP contribution in [0, 0.1) is 17.0 Å². The third-order valence-electron chi connectivity index (χ3n) is 3.89. The van der Waals surface area contributed by atoms with E-state index in [-0.39, 0.29) is 18.5 Å². The molecule has 7 heteroatoms. The molecule has 0 unspecified atom stereocenters. The van der Waals surface area contributed by atoms with Crippen LogP contribution >= 0.6 is 0 Å². The number of hydrogen-bond donors (Lipinski definition) is 2. The lowest BCUT2D eigenvalue weighted by molar-refractivity contribution is -0.154. The van der Waals surface area contributed by atoms with Crippen LogP contribution in [0.1, 0.15) is 18.4 Å². The predicted molar refractivity (Wildman–Crippen MR) is 73.2 cm³/mol. The number of ether oxygens (including phenoxy) is 1. The lowest BCUT2D eigenvalue weighted by Gasteiger charge is -2.33. The van der Waals surface area contributed by atoms with E-state index in [1.165, 1.54) is 6.07 Å². The first-order chi connectivity index (χ1) is 10.4. The van der Waals surface area contributed by atoms with Crippen molar-refractivity contribution in [1.29, 1.82) is 0 Å². The van der Waals surface area contributed by atoms with E-state index in [0.717, 1.165) is 6.07 Å². The van der Waals surface area contributed by atoms with E-state index >= 15 is 0 Å². The number of benzene rings is 1. The highest BCUT2D eigenvalue weighted by Crippen LogP contribution is 2.30. The average Bonchev–Trinajstić information content (AvgIpc) is 2.49. The number of carbonyl (C=O) groups is 2. The number of carbonyl (C=O) groups excluding carboxylic acids is 1. The zero-order valence-corrected chi connectivity index (χ0v) is 11.9. The number of aliphatic carboxylic acids is 1. The number of amides is 1. The predicted octanol–water partition coefficient (Wildman–Crippen LogP) is 1.50. The molecule has 1 fully saturated rings. The monoisotopic (exact) mass is 313 g/mol. The maximum Gasteiger partial charge on any atom is 0.311 e. The highest BCUT2D eigenvalue weighted by Gasteiger charge is 2.40. The van der Waals surface area contributed by atoms with Gasteiger partial charge in [0.1, 0.15) is 11.6 Å². The van der Waals surface area contributed by atoms with Crippen molar-refractivity contribution < 1.29 is 28.2 Å². The van der Waals surface area contributed by atoms with Crippen LogP contribution in [0.5, 0.6) is 0 Å². The molecule has 0 aromatic heterocycles. The van der Waals surface area contributed by atoms with E-state index < -0.39 is 28.9 Å². The van der Waals surface area contributed by atoms with Gasteiger partial charge in [0.05, 0.1) is 11.8 Å². The summed E-state index contributed by atoms with van der Waals surface area (Å²) in [5.41, 5.74) is -0.981. The molecule has 0 atom stereocenters. The van der Waals surface area contributed by atoms with E-state index in [9.17, 15) is 23.5 Å². The molecule has 1 aliphatic rings. The van der Waals surface area contributed by atoms with Gasteiger partial charge in [0.25, 0.3) is 0 Å². The molecule has 1 saturated heterocycles. The molecule has 2 N–H and O–H groups in total. The third kappa shape index (κ3) is 3.79. The van der Waals surface area contributed by atoms with Crippen molar-refractivity contribution in [3.8, 4) is 0 Å². The standard InChI is InChI=1S/C15H17F2NO4/c16-11-2-1-10(12(17)8-11)7-13(19)18-9-15(14(20)21)3-5-22-6-4-15/h1-2,8H,3-7,9H2,(H,18,19)(H,20,21). The van der Waals surface area contributed by atoms with Gasteiger partial charge in [0.15, 0.2) is 0 Å². The summed E-state index contributed by atoms with van der Waals surface area (Å²) in [6.07, 6.45) is 0.360. The summed E-state index contributed by atoms with van der Waals surface area (Å²) >= 11 is 0. The number of carboxylic acids is 1. The number of nitrogens with one attached hydrogen (secondary N) is 1. The van der Waals surface area contributed by atoms with Crippen LogP contribution < -0.4 is 5.32 Å². The highest BCUT2D eigenvalue weighted by atomic mass is 19.1. The molecule has 0 radical (unpaired) electrons. The van der Waals surface area contributed by atoms with Gasteiger partial charge < -0.3 is 15.2 Å². The van der Waals surface area contributed by atoms with Crippen molar-refractivity contribution in [3.05, 3.63) is 35.4 Å². The van der Waals surface area contributed by atoms with Gasteiger partial charge in [-0.15, -0.1) is 0 Å². The largest absolute Gasteiger partial charge is 0.481 e. The Morgan fingerprint density at radius 1 is 1.27 bits per heavy atom. The van der Waals surface area contributed by atoms with E-state index in [1.807, 2.05) is 0 Å². The lowest BCUT2D eigenvalue weighted by Crippen LogP contribution is -2.46. The Kier molecular flexibility index (Phi) is 5.07. The zero-order valence-electron chi connectivity index (χ0n) is 11.9. The Balaban J connectivity index is 1.95. The van der Waals surface area contributed by atoms with Gasteiger partial charge in [-0.05, 0) is 24.5 Å². The zero-order chi connectivity index (χ0) is 16.2. The minimum atomic E-state index is -1.05. The fraction of sp³-hybridized carbons (Fsp3) is 0.467. The molecule has 1 aliphatic heterocycles. The minimum absolute atomic E-state index is 0.0344. The van der Waals surface area contributed by atoms with Crippen LogP contribution in [0.15, 0.2) is 18.2 Å². The summed E-state index contributed by atoms with van der Waals surface area (Å²) in [5, 5.41) is 11.9. The number of carboxylic acid groups (broad SMARTS) is 1. The molecule has 0 saturated carbocycles. The first-order valence-corrected chi connectivity index (χ1v) is 6.95. The SMILES string of the molecule is O=C(Cc1ccc(F)cc1F)NCC1(C(=O)O)CCOCC1. The second-order valence-electron chi connectivity index (χ2n) is 5.39. The number of halogens is 2. The molecule has 1 aromatic rings. The number of hydrogen-bond acceptors (Lipinski definition) is 3. The highest BCUT2D eigenvalue weighted by molar-refractivity contribution is 5.80. The van der Waals surface area contributed by atoms with Gasteiger partial charge >= 0.3 is 5.97 Å². The van der Waals surface area contributed by atoms with Gasteiger partial charge in [-0.1, -0.05) is 6.07 Å². The van der Waals surface area contributed by atoms with Crippen LogP contribution in [-0.4, -0.2) is 36.7 Å². The smallest absolute Gasteiger partial charge is 0.311 e. The Morgan fingerprint density at radius 3 is 2.55 bits per heavy atom. The van der Waals surface area contributed by atoms with Crippen LogP contribution in [-0.2, 0) is 20.7 Å². The fourth-order valence-electron chi connectivity index (χ4n) is 2.40. The molecule has 2 rings (SSSR count). The molecule has 1 aromatic carbocycles. The van der Waals surface area contributed by atoms with Gasteiger partial charge in [-0.25, -0.2) is 8.78 Å². The first-order valence-electron chi connectivity index (χ1n) is 6.95. The molecule has 22 heavy (non-hydrogen) atoms. The van der Waals surface area contributed by atoms with Crippen molar-refractivity contribution in [3.63, 3.8) is 0 Å². The Bertz CT molecular complexity index is 571. The third-order valence-corrected chi connectivity index (χ3v) is 3.89. The first kappa shape index (κ1) is 16.4. The van der Waals surface area contributed by atoms with Gasteiger partial charge in [-0.2, -0.15) is 0 Å². The molecule has 1 amide bonds. The molecule has 0 bridgehead atoms. The Labute approximate surface area is 126 Å². The van der Waals surface area contributed by atoms with Crippen LogP contribution in [0.3, 0.4) is 0 Å².